The van der Waals surface area contributed by atoms with E-state index >= 15 is 0 Å². The van der Waals surface area contributed by atoms with E-state index in [-0.39, 0.29) is 6.54 Å². The molecule has 0 aromatic carbocycles. The highest BCUT2D eigenvalue weighted by molar-refractivity contribution is 4.86. The summed E-state index contributed by atoms with van der Waals surface area (Å²) in [6.45, 7) is 4.78. The number of hydrogen-bond donors (Lipinski definition) is 1. The third-order valence-corrected chi connectivity index (χ3v) is 4.86. The van der Waals surface area contributed by atoms with Crippen molar-refractivity contribution in [3.8, 4) is 0 Å². The van der Waals surface area contributed by atoms with Crippen molar-refractivity contribution in [1.82, 2.24) is 10.2 Å². The third kappa shape index (κ3) is 4.35. The second kappa shape index (κ2) is 7.12. The first kappa shape index (κ1) is 16.1. The second-order valence-corrected chi connectivity index (χ2v) is 6.35. The molecule has 1 saturated carbocycles. The standard InChI is InChI=1S/C15H27F3N2/c1-2-19-14(12-6-3-4-7-12)11-20-9-5-8-13(10-20)15(16,17)18/h12-14,19H,2-11H2,1H3. The SMILES string of the molecule is CCNC(CN1CCCC(C(F)(F)F)C1)C1CCCC1. The fraction of sp³-hybridized carbons (Fsp3) is 1.00. The van der Waals surface area contributed by atoms with Crippen LogP contribution in [0.5, 0.6) is 0 Å². The van der Waals surface area contributed by atoms with Gasteiger partial charge in [0, 0.05) is 19.1 Å². The van der Waals surface area contributed by atoms with Crippen LogP contribution < -0.4 is 5.32 Å². The van der Waals surface area contributed by atoms with E-state index in [0.29, 0.717) is 24.8 Å². The molecule has 0 amide bonds. The van der Waals surface area contributed by atoms with E-state index in [1.54, 1.807) is 0 Å². The number of nitrogens with one attached hydrogen (secondary N) is 1. The molecular weight excluding hydrogens is 265 g/mol. The van der Waals surface area contributed by atoms with Crippen LogP contribution in [0.2, 0.25) is 0 Å². The van der Waals surface area contributed by atoms with Crippen LogP contribution in [-0.2, 0) is 0 Å². The number of rotatable bonds is 5. The quantitative estimate of drug-likeness (QED) is 0.835. The lowest BCUT2D eigenvalue weighted by Crippen LogP contribution is -2.49. The van der Waals surface area contributed by atoms with Gasteiger partial charge in [0.15, 0.2) is 0 Å². The minimum Gasteiger partial charge on any atom is -0.313 e. The van der Waals surface area contributed by atoms with Crippen LogP contribution in [0.25, 0.3) is 0 Å². The normalized spacial score (nSPS) is 27.9. The zero-order chi connectivity index (χ0) is 14.6. The van der Waals surface area contributed by atoms with E-state index in [4.69, 9.17) is 0 Å². The van der Waals surface area contributed by atoms with Crippen molar-refractivity contribution in [2.24, 2.45) is 11.8 Å². The maximum atomic E-state index is 12.9. The molecule has 2 fully saturated rings. The van der Waals surface area contributed by atoms with Crippen LogP contribution in [-0.4, -0.2) is 43.3 Å². The largest absolute Gasteiger partial charge is 0.393 e. The molecule has 2 unspecified atom stereocenters. The van der Waals surface area contributed by atoms with Gasteiger partial charge in [0.1, 0.15) is 0 Å². The van der Waals surface area contributed by atoms with Gasteiger partial charge in [-0.2, -0.15) is 13.2 Å². The first-order chi connectivity index (χ1) is 9.50. The van der Waals surface area contributed by atoms with Crippen molar-refractivity contribution in [2.45, 2.75) is 57.7 Å². The second-order valence-electron chi connectivity index (χ2n) is 6.35. The molecule has 2 atom stereocenters. The average Bonchev–Trinajstić information content (AvgIpc) is 2.91. The predicted molar refractivity (Wildman–Crippen MR) is 74.6 cm³/mol. The fourth-order valence-electron chi connectivity index (χ4n) is 3.77. The van der Waals surface area contributed by atoms with Crippen molar-refractivity contribution >= 4 is 0 Å². The summed E-state index contributed by atoms with van der Waals surface area (Å²) in [6.07, 6.45) is 1.96. The third-order valence-electron chi connectivity index (χ3n) is 4.86. The molecule has 2 aliphatic rings. The molecule has 1 heterocycles. The Hall–Kier alpha value is -0.290. The zero-order valence-electron chi connectivity index (χ0n) is 12.4. The lowest BCUT2D eigenvalue weighted by molar-refractivity contribution is -0.187. The molecule has 1 aliphatic carbocycles. The average molecular weight is 292 g/mol. The highest BCUT2D eigenvalue weighted by Gasteiger charge is 2.42. The van der Waals surface area contributed by atoms with Crippen molar-refractivity contribution < 1.29 is 13.2 Å². The number of likely N-dealkylation sites (tertiary alicyclic amines) is 1. The smallest absolute Gasteiger partial charge is 0.313 e. The molecule has 0 aromatic heterocycles. The lowest BCUT2D eigenvalue weighted by Gasteiger charge is -2.37. The van der Waals surface area contributed by atoms with Gasteiger partial charge in [-0.15, -0.1) is 0 Å². The maximum absolute atomic E-state index is 12.9. The molecule has 20 heavy (non-hydrogen) atoms. The summed E-state index contributed by atoms with van der Waals surface area (Å²) < 4.78 is 38.6. The lowest BCUT2D eigenvalue weighted by atomic mass is 9.94. The number of halogens is 3. The fourth-order valence-corrected chi connectivity index (χ4v) is 3.77. The molecular formula is C15H27F3N2. The highest BCUT2D eigenvalue weighted by atomic mass is 19.4. The van der Waals surface area contributed by atoms with E-state index in [2.05, 4.69) is 12.2 Å². The van der Waals surface area contributed by atoms with Crippen molar-refractivity contribution in [3.05, 3.63) is 0 Å². The maximum Gasteiger partial charge on any atom is 0.393 e. The van der Waals surface area contributed by atoms with Crippen LogP contribution in [0.3, 0.4) is 0 Å². The van der Waals surface area contributed by atoms with E-state index < -0.39 is 12.1 Å². The molecule has 0 aromatic rings. The van der Waals surface area contributed by atoms with Gasteiger partial charge in [-0.05, 0) is 44.7 Å². The van der Waals surface area contributed by atoms with E-state index in [0.717, 1.165) is 19.6 Å². The molecule has 0 radical (unpaired) electrons. The van der Waals surface area contributed by atoms with E-state index in [1.807, 2.05) is 4.90 Å². The Morgan fingerprint density at radius 3 is 2.45 bits per heavy atom. The topological polar surface area (TPSA) is 15.3 Å². The summed E-state index contributed by atoms with van der Waals surface area (Å²) in [5.74, 6) is -0.469. The van der Waals surface area contributed by atoms with Gasteiger partial charge in [0.05, 0.1) is 5.92 Å². The Kier molecular flexibility index (Phi) is 5.73. The number of alkyl halides is 3. The summed E-state index contributed by atoms with van der Waals surface area (Å²) in [4.78, 5) is 2.04. The molecule has 2 nitrogen and oxygen atoms in total. The van der Waals surface area contributed by atoms with Crippen molar-refractivity contribution in [3.63, 3.8) is 0 Å². The highest BCUT2D eigenvalue weighted by Crippen LogP contribution is 2.34. The van der Waals surface area contributed by atoms with Crippen LogP contribution >= 0.6 is 0 Å². The van der Waals surface area contributed by atoms with Gasteiger partial charge in [0.2, 0.25) is 0 Å². The van der Waals surface area contributed by atoms with Crippen molar-refractivity contribution in [1.29, 1.82) is 0 Å². The van der Waals surface area contributed by atoms with E-state index in [9.17, 15) is 13.2 Å². The summed E-state index contributed by atoms with van der Waals surface area (Å²) in [5, 5.41) is 3.50. The van der Waals surface area contributed by atoms with Gasteiger partial charge in [-0.1, -0.05) is 19.8 Å². The number of likely N-dealkylation sites (N-methyl/N-ethyl adjacent to an activating group) is 1. The minimum absolute atomic E-state index is 0.193. The molecule has 118 valence electrons. The molecule has 1 saturated heterocycles. The van der Waals surface area contributed by atoms with Crippen LogP contribution in [0.1, 0.15) is 45.4 Å². The Labute approximate surface area is 120 Å². The number of nitrogens with zero attached hydrogens (tertiary/aromatic N) is 1. The van der Waals surface area contributed by atoms with Gasteiger partial charge < -0.3 is 10.2 Å². The summed E-state index contributed by atoms with van der Waals surface area (Å²) in [5.41, 5.74) is 0. The molecule has 5 heteroatoms. The van der Waals surface area contributed by atoms with Crippen LogP contribution in [0.15, 0.2) is 0 Å². The van der Waals surface area contributed by atoms with Crippen molar-refractivity contribution in [2.75, 3.05) is 26.2 Å². The zero-order valence-corrected chi connectivity index (χ0v) is 12.4. The molecule has 1 aliphatic heterocycles. The molecule has 0 spiro atoms. The Balaban J connectivity index is 1.88. The Morgan fingerprint density at radius 1 is 1.15 bits per heavy atom. The van der Waals surface area contributed by atoms with Gasteiger partial charge in [-0.3, -0.25) is 0 Å². The molecule has 0 bridgehead atoms. The summed E-state index contributed by atoms with van der Waals surface area (Å²) >= 11 is 0. The van der Waals surface area contributed by atoms with Gasteiger partial charge in [-0.25, -0.2) is 0 Å². The first-order valence-electron chi connectivity index (χ1n) is 8.03. The number of hydrogen-bond acceptors (Lipinski definition) is 2. The van der Waals surface area contributed by atoms with Crippen LogP contribution in [0, 0.1) is 11.8 Å². The Bertz CT molecular complexity index is 287. The summed E-state index contributed by atoms with van der Waals surface area (Å²) in [7, 11) is 0. The number of piperidine rings is 1. The monoisotopic (exact) mass is 292 g/mol. The molecule has 2 rings (SSSR count). The van der Waals surface area contributed by atoms with Gasteiger partial charge >= 0.3 is 6.18 Å². The minimum atomic E-state index is -4.03. The van der Waals surface area contributed by atoms with E-state index in [1.165, 1.54) is 25.7 Å². The Morgan fingerprint density at radius 2 is 1.85 bits per heavy atom. The first-order valence-corrected chi connectivity index (χ1v) is 8.03. The summed E-state index contributed by atoms with van der Waals surface area (Å²) in [6, 6.07) is 0.370. The van der Waals surface area contributed by atoms with Gasteiger partial charge in [0.25, 0.3) is 0 Å². The van der Waals surface area contributed by atoms with Crippen LogP contribution in [0.4, 0.5) is 13.2 Å². The molecule has 1 N–H and O–H groups in total. The predicted octanol–water partition coefficient (Wildman–Crippen LogP) is 3.43.